The molecule has 2 aromatic carbocycles. The number of amides is 2. The molecular weight excluding hydrogens is 340 g/mol. The molecule has 5 heteroatoms. The van der Waals surface area contributed by atoms with Gasteiger partial charge >= 0.3 is 0 Å². The lowest BCUT2D eigenvalue weighted by Gasteiger charge is -2.19. The number of nitrogens with one attached hydrogen (secondary N) is 1. The van der Waals surface area contributed by atoms with E-state index >= 15 is 0 Å². The minimum Gasteiger partial charge on any atom is -0.495 e. The molecule has 5 nitrogen and oxygen atoms in total. The quantitative estimate of drug-likeness (QED) is 0.817. The van der Waals surface area contributed by atoms with E-state index in [1.165, 1.54) is 4.90 Å². The van der Waals surface area contributed by atoms with Gasteiger partial charge in [-0.1, -0.05) is 30.3 Å². The summed E-state index contributed by atoms with van der Waals surface area (Å²) in [4.78, 5) is 27.4. The van der Waals surface area contributed by atoms with Crippen molar-refractivity contribution in [3.63, 3.8) is 0 Å². The third kappa shape index (κ3) is 3.33. The Hall–Kier alpha value is -3.08. The maximum Gasteiger partial charge on any atom is 0.278 e. The molecule has 2 aromatic rings. The molecule has 3 rings (SSSR count). The van der Waals surface area contributed by atoms with Crippen LogP contribution in [0.25, 0.3) is 5.57 Å². The lowest BCUT2D eigenvalue weighted by atomic mass is 9.99. The van der Waals surface area contributed by atoms with Gasteiger partial charge in [-0.2, -0.15) is 0 Å². The Morgan fingerprint density at radius 1 is 0.963 bits per heavy atom. The summed E-state index contributed by atoms with van der Waals surface area (Å²) in [7, 11) is 1.57. The molecule has 0 fully saturated rings. The number of carbonyl (C=O) groups excluding carboxylic acids is 2. The molecule has 2 amide bonds. The monoisotopic (exact) mass is 364 g/mol. The van der Waals surface area contributed by atoms with E-state index in [0.717, 1.165) is 16.7 Å². The number of benzene rings is 2. The Morgan fingerprint density at radius 3 is 2.30 bits per heavy atom. The summed E-state index contributed by atoms with van der Waals surface area (Å²) in [5.41, 5.74) is 4.25. The summed E-state index contributed by atoms with van der Waals surface area (Å²) >= 11 is 0. The maximum atomic E-state index is 13.1. The van der Waals surface area contributed by atoms with Crippen molar-refractivity contribution < 1.29 is 14.3 Å². The molecule has 1 N–H and O–H groups in total. The average Bonchev–Trinajstić information content (AvgIpc) is 2.88. The molecule has 0 spiro atoms. The highest BCUT2D eigenvalue weighted by molar-refractivity contribution is 6.36. The topological polar surface area (TPSA) is 58.6 Å². The molecule has 0 aliphatic carbocycles. The van der Waals surface area contributed by atoms with Crippen LogP contribution in [0.3, 0.4) is 0 Å². The number of para-hydroxylation sites is 2. The normalized spacial score (nSPS) is 14.4. The minimum absolute atomic E-state index is 0.233. The third-order valence-electron chi connectivity index (χ3n) is 4.79. The Morgan fingerprint density at radius 2 is 1.67 bits per heavy atom. The summed E-state index contributed by atoms with van der Waals surface area (Å²) < 4.78 is 5.37. The summed E-state index contributed by atoms with van der Waals surface area (Å²) in [6.07, 6.45) is 0. The Kier molecular flexibility index (Phi) is 5.04. The van der Waals surface area contributed by atoms with E-state index in [1.54, 1.807) is 13.2 Å². The van der Waals surface area contributed by atoms with E-state index in [-0.39, 0.29) is 23.6 Å². The number of methoxy groups -OCH3 is 1. The average molecular weight is 364 g/mol. The van der Waals surface area contributed by atoms with Crippen molar-refractivity contribution in [2.24, 2.45) is 0 Å². The minimum atomic E-state index is -0.325. The lowest BCUT2D eigenvalue weighted by Crippen LogP contribution is -2.38. The molecule has 1 aliphatic rings. The van der Waals surface area contributed by atoms with Gasteiger partial charge in [0.15, 0.2) is 0 Å². The van der Waals surface area contributed by atoms with Gasteiger partial charge in [-0.25, -0.2) is 0 Å². The van der Waals surface area contributed by atoms with Crippen LogP contribution in [0.1, 0.15) is 30.5 Å². The molecule has 0 unspecified atom stereocenters. The van der Waals surface area contributed by atoms with Gasteiger partial charge in [-0.05, 0) is 56.5 Å². The Labute approximate surface area is 159 Å². The van der Waals surface area contributed by atoms with Gasteiger partial charge in [0.05, 0.1) is 18.4 Å². The maximum absolute atomic E-state index is 13.1. The first-order chi connectivity index (χ1) is 12.8. The van der Waals surface area contributed by atoms with Crippen LogP contribution in [0, 0.1) is 13.8 Å². The molecule has 0 bridgehead atoms. The van der Waals surface area contributed by atoms with Crippen molar-refractivity contribution in [2.75, 3.05) is 12.4 Å². The van der Waals surface area contributed by atoms with Gasteiger partial charge in [0.2, 0.25) is 0 Å². The first-order valence-corrected chi connectivity index (χ1v) is 8.95. The van der Waals surface area contributed by atoms with Crippen LogP contribution < -0.4 is 10.1 Å². The number of nitrogens with zero attached hydrogens (tertiary/aromatic N) is 1. The van der Waals surface area contributed by atoms with E-state index in [4.69, 9.17) is 4.74 Å². The SMILES string of the molecule is COc1ccccc1NC1=C(c2ccc(C)c(C)c2)C(=O)N(C(C)C)C1=O. The Bertz CT molecular complexity index is 944. The van der Waals surface area contributed by atoms with E-state index in [9.17, 15) is 9.59 Å². The van der Waals surface area contributed by atoms with Crippen LogP contribution in [0.2, 0.25) is 0 Å². The predicted molar refractivity (Wildman–Crippen MR) is 106 cm³/mol. The molecule has 0 saturated carbocycles. The second-order valence-corrected chi connectivity index (χ2v) is 6.95. The van der Waals surface area contributed by atoms with Crippen LogP contribution in [-0.4, -0.2) is 29.9 Å². The zero-order chi connectivity index (χ0) is 19.7. The predicted octanol–water partition coefficient (Wildman–Crippen LogP) is 3.91. The van der Waals surface area contributed by atoms with Gasteiger partial charge in [0, 0.05) is 6.04 Å². The highest BCUT2D eigenvalue weighted by Crippen LogP contribution is 2.34. The van der Waals surface area contributed by atoms with Crippen molar-refractivity contribution in [3.8, 4) is 5.75 Å². The van der Waals surface area contributed by atoms with Crippen LogP contribution in [0.15, 0.2) is 48.2 Å². The molecular formula is C22H24N2O3. The molecule has 0 atom stereocenters. The smallest absolute Gasteiger partial charge is 0.278 e. The van der Waals surface area contributed by atoms with Crippen molar-refractivity contribution in [1.29, 1.82) is 0 Å². The van der Waals surface area contributed by atoms with Crippen LogP contribution >= 0.6 is 0 Å². The molecule has 0 aromatic heterocycles. The van der Waals surface area contributed by atoms with Crippen LogP contribution in [-0.2, 0) is 9.59 Å². The van der Waals surface area contributed by atoms with Crippen LogP contribution in [0.4, 0.5) is 5.69 Å². The fourth-order valence-electron chi connectivity index (χ4n) is 3.18. The number of hydrogen-bond donors (Lipinski definition) is 1. The zero-order valence-corrected chi connectivity index (χ0v) is 16.3. The molecule has 0 saturated heterocycles. The van der Waals surface area contributed by atoms with Gasteiger partial charge in [0.25, 0.3) is 11.8 Å². The first-order valence-electron chi connectivity index (χ1n) is 8.95. The summed E-state index contributed by atoms with van der Waals surface area (Å²) in [6.45, 7) is 7.68. The second kappa shape index (κ2) is 7.27. The summed E-state index contributed by atoms with van der Waals surface area (Å²) in [5, 5.41) is 3.15. The first kappa shape index (κ1) is 18.7. The van der Waals surface area contributed by atoms with Crippen LogP contribution in [0.5, 0.6) is 5.75 Å². The fraction of sp³-hybridized carbons (Fsp3) is 0.273. The molecule has 27 heavy (non-hydrogen) atoms. The number of aryl methyl sites for hydroxylation is 2. The van der Waals surface area contributed by atoms with E-state index in [2.05, 4.69) is 5.32 Å². The summed E-state index contributed by atoms with van der Waals surface area (Å²) in [6, 6.07) is 12.9. The van der Waals surface area contributed by atoms with Gasteiger partial charge in [0.1, 0.15) is 11.4 Å². The number of hydrogen-bond acceptors (Lipinski definition) is 4. The summed E-state index contributed by atoms with van der Waals surface area (Å²) in [5.74, 6) is -0.00234. The highest BCUT2D eigenvalue weighted by Gasteiger charge is 2.40. The number of anilines is 1. The van der Waals surface area contributed by atoms with Crippen molar-refractivity contribution in [2.45, 2.75) is 33.7 Å². The van der Waals surface area contributed by atoms with Crippen molar-refractivity contribution in [3.05, 3.63) is 64.9 Å². The molecule has 1 aliphatic heterocycles. The van der Waals surface area contributed by atoms with E-state index < -0.39 is 0 Å². The Balaban J connectivity index is 2.15. The lowest BCUT2D eigenvalue weighted by molar-refractivity contribution is -0.138. The van der Waals surface area contributed by atoms with E-state index in [1.807, 2.05) is 64.1 Å². The van der Waals surface area contributed by atoms with E-state index in [0.29, 0.717) is 17.0 Å². The number of carbonyl (C=O) groups is 2. The van der Waals surface area contributed by atoms with Gasteiger partial charge in [-0.15, -0.1) is 0 Å². The molecule has 0 radical (unpaired) electrons. The fourth-order valence-corrected chi connectivity index (χ4v) is 3.18. The van der Waals surface area contributed by atoms with Crippen molar-refractivity contribution in [1.82, 2.24) is 4.90 Å². The standard InChI is InChI=1S/C22H24N2O3/c1-13(2)24-21(25)19(16-11-10-14(3)15(4)12-16)20(22(24)26)23-17-8-6-7-9-18(17)27-5/h6-13,23H,1-5H3. The van der Waals surface area contributed by atoms with Gasteiger partial charge < -0.3 is 10.1 Å². The van der Waals surface area contributed by atoms with Gasteiger partial charge in [-0.3, -0.25) is 14.5 Å². The number of ether oxygens (including phenoxy) is 1. The molecule has 140 valence electrons. The highest BCUT2D eigenvalue weighted by atomic mass is 16.5. The second-order valence-electron chi connectivity index (χ2n) is 6.95. The molecule has 1 heterocycles. The number of rotatable bonds is 5. The number of imide groups is 1. The van der Waals surface area contributed by atoms with Crippen molar-refractivity contribution >= 4 is 23.1 Å². The largest absolute Gasteiger partial charge is 0.495 e. The third-order valence-corrected chi connectivity index (χ3v) is 4.79. The zero-order valence-electron chi connectivity index (χ0n) is 16.3.